The molecule has 0 aliphatic carbocycles. The van der Waals surface area contributed by atoms with Crippen LogP contribution in [0.25, 0.3) is 0 Å². The summed E-state index contributed by atoms with van der Waals surface area (Å²) >= 11 is 12.5. The minimum absolute atomic E-state index is 0.0366. The lowest BCUT2D eigenvalue weighted by Gasteiger charge is -2.36. The molecule has 0 atom stereocenters. The number of piperazine rings is 1. The molecule has 1 aliphatic rings. The molecule has 2 aromatic rings. The molecule has 0 bridgehead atoms. The smallest absolute Gasteiger partial charge is 0.274 e. The van der Waals surface area contributed by atoms with E-state index in [9.17, 15) is 4.79 Å². The van der Waals surface area contributed by atoms with Crippen molar-refractivity contribution in [3.63, 3.8) is 0 Å². The highest BCUT2D eigenvalue weighted by Crippen LogP contribution is 2.34. The van der Waals surface area contributed by atoms with Crippen molar-refractivity contribution in [3.05, 3.63) is 46.5 Å². The van der Waals surface area contributed by atoms with E-state index in [0.29, 0.717) is 41.9 Å². The Bertz CT molecular complexity index is 672. The summed E-state index contributed by atoms with van der Waals surface area (Å²) in [7, 11) is 1.85. The van der Waals surface area contributed by atoms with Gasteiger partial charge in [-0.15, -0.1) is 0 Å². The summed E-state index contributed by atoms with van der Waals surface area (Å²) < 4.78 is 1.77. The van der Waals surface area contributed by atoms with Gasteiger partial charge in [0.15, 0.2) is 0 Å². The molecule has 116 valence electrons. The number of benzene rings is 1. The number of hydrogen-bond acceptors (Lipinski definition) is 3. The number of carbonyl (C=O) groups excluding carboxylic acids is 1. The van der Waals surface area contributed by atoms with Gasteiger partial charge in [0.2, 0.25) is 0 Å². The van der Waals surface area contributed by atoms with Crippen molar-refractivity contribution in [2.75, 3.05) is 31.1 Å². The first-order valence-corrected chi connectivity index (χ1v) is 7.78. The van der Waals surface area contributed by atoms with Crippen LogP contribution in [-0.2, 0) is 7.05 Å². The summed E-state index contributed by atoms with van der Waals surface area (Å²) in [5.74, 6) is -0.0366. The highest BCUT2D eigenvalue weighted by molar-refractivity contribution is 6.39. The molecule has 0 N–H and O–H groups in total. The Kier molecular flexibility index (Phi) is 4.27. The van der Waals surface area contributed by atoms with Crippen LogP contribution in [0.15, 0.2) is 30.7 Å². The molecule has 1 aliphatic heterocycles. The SMILES string of the molecule is Cn1cnc(C(=O)N2CCN(c3c(Cl)cccc3Cl)CC2)c1. The van der Waals surface area contributed by atoms with Gasteiger partial charge in [0.05, 0.1) is 22.1 Å². The number of carbonyl (C=O) groups is 1. The summed E-state index contributed by atoms with van der Waals surface area (Å²) in [5.41, 5.74) is 1.32. The van der Waals surface area contributed by atoms with Crippen LogP contribution < -0.4 is 4.90 Å². The second-order valence-corrected chi connectivity index (χ2v) is 6.09. The van der Waals surface area contributed by atoms with Gasteiger partial charge < -0.3 is 14.4 Å². The second kappa shape index (κ2) is 6.18. The Labute approximate surface area is 139 Å². The Morgan fingerprint density at radius 3 is 2.32 bits per heavy atom. The number of halogens is 2. The van der Waals surface area contributed by atoms with E-state index in [1.807, 2.05) is 30.1 Å². The van der Waals surface area contributed by atoms with Gasteiger partial charge in [0.1, 0.15) is 5.69 Å². The fourth-order valence-electron chi connectivity index (χ4n) is 2.61. The molecule has 0 unspecified atom stereocenters. The number of rotatable bonds is 2. The minimum atomic E-state index is -0.0366. The molecule has 2 heterocycles. The van der Waals surface area contributed by atoms with Gasteiger partial charge in [-0.1, -0.05) is 29.3 Å². The van der Waals surface area contributed by atoms with E-state index in [1.165, 1.54) is 0 Å². The molecule has 3 rings (SSSR count). The molecule has 0 radical (unpaired) electrons. The van der Waals surface area contributed by atoms with Gasteiger partial charge in [-0.25, -0.2) is 4.98 Å². The zero-order valence-corrected chi connectivity index (χ0v) is 13.7. The van der Waals surface area contributed by atoms with Crippen molar-refractivity contribution >= 4 is 34.8 Å². The molecule has 1 aromatic carbocycles. The molecule has 1 amide bonds. The third-order valence-corrected chi connectivity index (χ3v) is 4.35. The van der Waals surface area contributed by atoms with Crippen LogP contribution in [0.2, 0.25) is 10.0 Å². The fraction of sp³-hybridized carbons (Fsp3) is 0.333. The highest BCUT2D eigenvalue weighted by Gasteiger charge is 2.25. The maximum absolute atomic E-state index is 12.4. The summed E-state index contributed by atoms with van der Waals surface area (Å²) in [6, 6.07) is 5.48. The van der Waals surface area contributed by atoms with Crippen molar-refractivity contribution in [1.29, 1.82) is 0 Å². The van der Waals surface area contributed by atoms with E-state index < -0.39 is 0 Å². The number of nitrogens with zero attached hydrogens (tertiary/aromatic N) is 4. The second-order valence-electron chi connectivity index (χ2n) is 5.27. The van der Waals surface area contributed by atoms with Crippen LogP contribution in [0.1, 0.15) is 10.5 Å². The predicted octanol–water partition coefficient (Wildman–Crippen LogP) is 2.69. The Balaban J connectivity index is 1.69. The topological polar surface area (TPSA) is 41.4 Å². The number of anilines is 1. The Morgan fingerprint density at radius 2 is 1.77 bits per heavy atom. The number of aromatic nitrogens is 2. The number of hydrogen-bond donors (Lipinski definition) is 0. The molecule has 1 saturated heterocycles. The third kappa shape index (κ3) is 2.91. The quantitative estimate of drug-likeness (QED) is 0.845. The lowest BCUT2D eigenvalue weighted by atomic mass is 10.2. The molecule has 5 nitrogen and oxygen atoms in total. The molecule has 0 saturated carbocycles. The Hall–Kier alpha value is -1.72. The van der Waals surface area contributed by atoms with E-state index in [0.717, 1.165) is 5.69 Å². The van der Waals surface area contributed by atoms with Crippen molar-refractivity contribution < 1.29 is 4.79 Å². The van der Waals surface area contributed by atoms with Crippen LogP contribution >= 0.6 is 23.2 Å². The number of imidazole rings is 1. The minimum Gasteiger partial charge on any atom is -0.366 e. The maximum Gasteiger partial charge on any atom is 0.274 e. The Morgan fingerprint density at radius 1 is 1.14 bits per heavy atom. The van der Waals surface area contributed by atoms with Gasteiger partial charge in [0.25, 0.3) is 5.91 Å². The number of aryl methyl sites for hydroxylation is 1. The zero-order valence-electron chi connectivity index (χ0n) is 12.2. The summed E-state index contributed by atoms with van der Waals surface area (Å²) in [6.45, 7) is 2.64. The fourth-order valence-corrected chi connectivity index (χ4v) is 3.25. The zero-order chi connectivity index (χ0) is 15.7. The van der Waals surface area contributed by atoms with Gasteiger partial charge >= 0.3 is 0 Å². The van der Waals surface area contributed by atoms with Crippen LogP contribution in [0.3, 0.4) is 0 Å². The monoisotopic (exact) mass is 338 g/mol. The van der Waals surface area contributed by atoms with E-state index in [-0.39, 0.29) is 5.91 Å². The largest absolute Gasteiger partial charge is 0.366 e. The van der Waals surface area contributed by atoms with Crippen molar-refractivity contribution in [3.8, 4) is 0 Å². The van der Waals surface area contributed by atoms with Gasteiger partial charge in [-0.05, 0) is 12.1 Å². The lowest BCUT2D eigenvalue weighted by Crippen LogP contribution is -2.49. The maximum atomic E-state index is 12.4. The average Bonchev–Trinajstić information content (AvgIpc) is 2.94. The number of amides is 1. The van der Waals surface area contributed by atoms with Crippen LogP contribution in [0, 0.1) is 0 Å². The van der Waals surface area contributed by atoms with E-state index >= 15 is 0 Å². The van der Waals surface area contributed by atoms with Gasteiger partial charge in [-0.3, -0.25) is 4.79 Å². The molecule has 0 spiro atoms. The van der Waals surface area contributed by atoms with E-state index in [1.54, 1.807) is 17.1 Å². The summed E-state index contributed by atoms with van der Waals surface area (Å²) in [6.07, 6.45) is 3.37. The van der Waals surface area contributed by atoms with Gasteiger partial charge in [-0.2, -0.15) is 0 Å². The summed E-state index contributed by atoms with van der Waals surface area (Å²) in [5, 5.41) is 1.27. The van der Waals surface area contributed by atoms with Crippen LogP contribution in [0.4, 0.5) is 5.69 Å². The average molecular weight is 339 g/mol. The van der Waals surface area contributed by atoms with Gasteiger partial charge in [0, 0.05) is 39.4 Å². The van der Waals surface area contributed by atoms with E-state index in [4.69, 9.17) is 23.2 Å². The van der Waals surface area contributed by atoms with Crippen molar-refractivity contribution in [2.24, 2.45) is 7.05 Å². The predicted molar refractivity (Wildman–Crippen MR) is 87.8 cm³/mol. The van der Waals surface area contributed by atoms with Crippen molar-refractivity contribution in [1.82, 2.24) is 14.5 Å². The third-order valence-electron chi connectivity index (χ3n) is 3.74. The first-order valence-electron chi connectivity index (χ1n) is 7.02. The number of para-hydroxylation sites is 1. The van der Waals surface area contributed by atoms with Crippen molar-refractivity contribution in [2.45, 2.75) is 0 Å². The lowest BCUT2D eigenvalue weighted by molar-refractivity contribution is 0.0741. The van der Waals surface area contributed by atoms with E-state index in [2.05, 4.69) is 9.88 Å². The molecule has 1 fully saturated rings. The standard InChI is InChI=1S/C15H16Cl2N4O/c1-19-9-13(18-10-19)15(22)21-7-5-20(6-8-21)14-11(16)3-2-4-12(14)17/h2-4,9-10H,5-8H2,1H3. The summed E-state index contributed by atoms with van der Waals surface area (Å²) in [4.78, 5) is 20.4. The highest BCUT2D eigenvalue weighted by atomic mass is 35.5. The first-order chi connectivity index (χ1) is 10.6. The first kappa shape index (κ1) is 15.2. The van der Waals surface area contributed by atoms with Crippen LogP contribution in [0.5, 0.6) is 0 Å². The molecule has 7 heteroatoms. The van der Waals surface area contributed by atoms with Crippen LogP contribution in [-0.4, -0.2) is 46.5 Å². The molecular weight excluding hydrogens is 323 g/mol. The molecule has 22 heavy (non-hydrogen) atoms. The molecule has 1 aromatic heterocycles. The normalized spacial score (nSPS) is 15.2. The molecular formula is C15H16Cl2N4O.